The molecule has 7 nitrogen and oxygen atoms in total. The minimum Gasteiger partial charge on any atom is -0.353 e. The molecular formula is C26H41N3O4S. The molecule has 1 atom stereocenters. The maximum atomic E-state index is 12.9. The number of rotatable bonds is 8. The van der Waals surface area contributed by atoms with Crippen molar-refractivity contribution in [2.24, 2.45) is 11.8 Å². The van der Waals surface area contributed by atoms with Gasteiger partial charge in [-0.05, 0) is 62.6 Å². The third kappa shape index (κ3) is 7.04. The molecule has 2 amide bonds. The van der Waals surface area contributed by atoms with E-state index in [1.54, 1.807) is 16.4 Å². The molecule has 34 heavy (non-hydrogen) atoms. The topological polar surface area (TPSA) is 86.8 Å². The van der Waals surface area contributed by atoms with Crippen molar-refractivity contribution in [3.8, 4) is 0 Å². The molecule has 190 valence electrons. The van der Waals surface area contributed by atoms with Crippen LogP contribution in [0.15, 0.2) is 29.2 Å². The number of carbonyl (C=O) groups is 2. The summed E-state index contributed by atoms with van der Waals surface area (Å²) in [6.45, 7) is 8.61. The van der Waals surface area contributed by atoms with Crippen LogP contribution >= 0.6 is 0 Å². The van der Waals surface area contributed by atoms with Crippen LogP contribution in [0.2, 0.25) is 0 Å². The summed E-state index contributed by atoms with van der Waals surface area (Å²) in [4.78, 5) is 27.3. The molecule has 2 aliphatic heterocycles. The van der Waals surface area contributed by atoms with Gasteiger partial charge in [-0.1, -0.05) is 38.8 Å². The maximum absolute atomic E-state index is 12.9. The highest BCUT2D eigenvalue weighted by Gasteiger charge is 2.28. The molecule has 0 radical (unpaired) electrons. The van der Waals surface area contributed by atoms with Crippen molar-refractivity contribution in [3.63, 3.8) is 0 Å². The Morgan fingerprint density at radius 2 is 1.53 bits per heavy atom. The zero-order valence-corrected chi connectivity index (χ0v) is 21.8. The van der Waals surface area contributed by atoms with Crippen LogP contribution in [0.5, 0.6) is 0 Å². The van der Waals surface area contributed by atoms with E-state index < -0.39 is 10.0 Å². The summed E-state index contributed by atoms with van der Waals surface area (Å²) in [5.74, 6) is 0.567. The largest absolute Gasteiger partial charge is 0.353 e. The molecule has 3 rings (SSSR count). The fraction of sp³-hybridized carbons (Fsp3) is 0.692. The minimum absolute atomic E-state index is 0.0241. The normalized spacial score (nSPS) is 19.6. The predicted octanol–water partition coefficient (Wildman–Crippen LogP) is 3.58. The standard InChI is InChI=1S/C26H41N3O4S/c1-20(2)21(3)27-26(31)23-14-18-28(19-15-23)25(30)13-10-22-8-11-24(12-9-22)34(32,33)29-16-6-4-5-7-17-29/h8-9,11-12,20-21,23H,4-7,10,13-19H2,1-3H3,(H,27,31). The van der Waals surface area contributed by atoms with E-state index in [4.69, 9.17) is 0 Å². The number of nitrogens with one attached hydrogen (secondary N) is 1. The van der Waals surface area contributed by atoms with Gasteiger partial charge in [0.25, 0.3) is 0 Å². The van der Waals surface area contributed by atoms with Crippen LogP contribution in [0.3, 0.4) is 0 Å². The second-order valence-corrected chi connectivity index (χ2v) is 12.1. The average Bonchev–Trinajstić information content (AvgIpc) is 3.13. The third-order valence-electron chi connectivity index (χ3n) is 7.34. The van der Waals surface area contributed by atoms with E-state index in [9.17, 15) is 18.0 Å². The highest BCUT2D eigenvalue weighted by molar-refractivity contribution is 7.89. The summed E-state index contributed by atoms with van der Waals surface area (Å²) < 4.78 is 27.5. The Morgan fingerprint density at radius 3 is 2.09 bits per heavy atom. The van der Waals surface area contributed by atoms with Gasteiger partial charge in [-0.2, -0.15) is 4.31 Å². The fourth-order valence-electron chi connectivity index (χ4n) is 4.57. The Hall–Kier alpha value is -1.93. The Balaban J connectivity index is 1.46. The maximum Gasteiger partial charge on any atom is 0.243 e. The molecule has 2 heterocycles. The number of sulfonamides is 1. The van der Waals surface area contributed by atoms with Crippen LogP contribution < -0.4 is 5.32 Å². The van der Waals surface area contributed by atoms with E-state index >= 15 is 0 Å². The SMILES string of the molecule is CC(C)C(C)NC(=O)C1CCN(C(=O)CCc2ccc(S(=O)(=O)N3CCCCCC3)cc2)CC1. The summed E-state index contributed by atoms with van der Waals surface area (Å²) in [7, 11) is -3.45. The molecule has 8 heteroatoms. The van der Waals surface area contributed by atoms with E-state index in [0.29, 0.717) is 62.7 Å². The second-order valence-electron chi connectivity index (χ2n) is 10.2. The summed E-state index contributed by atoms with van der Waals surface area (Å²) in [5, 5.41) is 3.09. The van der Waals surface area contributed by atoms with Gasteiger partial charge in [0, 0.05) is 44.6 Å². The number of benzene rings is 1. The van der Waals surface area contributed by atoms with E-state index in [1.807, 2.05) is 24.0 Å². The molecule has 1 unspecified atom stereocenters. The fourth-order valence-corrected chi connectivity index (χ4v) is 6.09. The molecule has 2 fully saturated rings. The molecule has 1 aromatic rings. The van der Waals surface area contributed by atoms with Gasteiger partial charge in [0.15, 0.2) is 0 Å². The Labute approximate surface area is 205 Å². The molecular weight excluding hydrogens is 450 g/mol. The monoisotopic (exact) mass is 491 g/mol. The number of carbonyl (C=O) groups excluding carboxylic acids is 2. The third-order valence-corrected chi connectivity index (χ3v) is 9.25. The van der Waals surface area contributed by atoms with Gasteiger partial charge >= 0.3 is 0 Å². The van der Waals surface area contributed by atoms with Crippen LogP contribution in [0, 0.1) is 11.8 Å². The summed E-state index contributed by atoms with van der Waals surface area (Å²) in [6, 6.07) is 7.14. The highest BCUT2D eigenvalue weighted by atomic mass is 32.2. The van der Waals surface area contributed by atoms with Crippen molar-refractivity contribution in [3.05, 3.63) is 29.8 Å². The summed E-state index contributed by atoms with van der Waals surface area (Å²) in [6.07, 6.45) is 6.37. The van der Waals surface area contributed by atoms with Gasteiger partial charge in [0.05, 0.1) is 4.90 Å². The molecule has 0 saturated carbocycles. The molecule has 0 spiro atoms. The van der Waals surface area contributed by atoms with E-state index in [2.05, 4.69) is 19.2 Å². The average molecular weight is 492 g/mol. The zero-order valence-electron chi connectivity index (χ0n) is 21.0. The van der Waals surface area contributed by atoms with Crippen molar-refractivity contribution in [2.75, 3.05) is 26.2 Å². The van der Waals surface area contributed by atoms with E-state index in [1.165, 1.54) is 0 Å². The quantitative estimate of drug-likeness (QED) is 0.602. The number of piperidine rings is 1. The number of nitrogens with zero attached hydrogens (tertiary/aromatic N) is 2. The van der Waals surface area contributed by atoms with Crippen LogP contribution in [0.25, 0.3) is 0 Å². The first-order valence-corrected chi connectivity index (χ1v) is 14.3. The lowest BCUT2D eigenvalue weighted by atomic mass is 9.94. The molecule has 2 aliphatic rings. The molecule has 0 aromatic heterocycles. The van der Waals surface area contributed by atoms with Crippen LogP contribution in [-0.2, 0) is 26.0 Å². The summed E-state index contributed by atoms with van der Waals surface area (Å²) in [5.41, 5.74) is 0.958. The molecule has 0 bridgehead atoms. The Bertz CT molecular complexity index is 914. The van der Waals surface area contributed by atoms with Crippen molar-refractivity contribution >= 4 is 21.8 Å². The van der Waals surface area contributed by atoms with Crippen molar-refractivity contribution in [1.29, 1.82) is 0 Å². The number of hydrogen-bond donors (Lipinski definition) is 1. The molecule has 0 aliphatic carbocycles. The molecule has 1 N–H and O–H groups in total. The zero-order chi connectivity index (χ0) is 24.7. The number of hydrogen-bond acceptors (Lipinski definition) is 4. The first kappa shape index (κ1) is 26.7. The van der Waals surface area contributed by atoms with Crippen LogP contribution in [0.4, 0.5) is 0 Å². The predicted molar refractivity (Wildman–Crippen MR) is 134 cm³/mol. The molecule has 1 aromatic carbocycles. The summed E-state index contributed by atoms with van der Waals surface area (Å²) >= 11 is 0. The first-order valence-electron chi connectivity index (χ1n) is 12.9. The lowest BCUT2D eigenvalue weighted by molar-refractivity contribution is -0.135. The number of likely N-dealkylation sites (tertiary alicyclic amines) is 1. The van der Waals surface area contributed by atoms with Crippen LogP contribution in [-0.4, -0.2) is 61.7 Å². The van der Waals surface area contributed by atoms with Crippen molar-refractivity contribution in [1.82, 2.24) is 14.5 Å². The Kier molecular flexibility index (Phi) is 9.54. The lowest BCUT2D eigenvalue weighted by Crippen LogP contribution is -2.45. The smallest absolute Gasteiger partial charge is 0.243 e. The Morgan fingerprint density at radius 1 is 0.941 bits per heavy atom. The molecule has 2 saturated heterocycles. The minimum atomic E-state index is -3.45. The van der Waals surface area contributed by atoms with Crippen molar-refractivity contribution < 1.29 is 18.0 Å². The van der Waals surface area contributed by atoms with Gasteiger partial charge in [-0.25, -0.2) is 8.42 Å². The number of aryl methyl sites for hydroxylation is 1. The van der Waals surface area contributed by atoms with Crippen LogP contribution in [0.1, 0.15) is 71.3 Å². The highest BCUT2D eigenvalue weighted by Crippen LogP contribution is 2.22. The van der Waals surface area contributed by atoms with Gasteiger partial charge < -0.3 is 10.2 Å². The van der Waals surface area contributed by atoms with Gasteiger partial charge in [-0.3, -0.25) is 9.59 Å². The van der Waals surface area contributed by atoms with Gasteiger partial charge in [0.2, 0.25) is 21.8 Å². The lowest BCUT2D eigenvalue weighted by Gasteiger charge is -2.32. The van der Waals surface area contributed by atoms with Gasteiger partial charge in [0.1, 0.15) is 0 Å². The van der Waals surface area contributed by atoms with Crippen molar-refractivity contribution in [2.45, 2.75) is 83.1 Å². The van der Waals surface area contributed by atoms with E-state index in [0.717, 1.165) is 31.2 Å². The second kappa shape index (κ2) is 12.2. The van der Waals surface area contributed by atoms with Gasteiger partial charge in [-0.15, -0.1) is 0 Å². The first-order chi connectivity index (χ1) is 16.2. The van der Waals surface area contributed by atoms with E-state index in [-0.39, 0.29) is 23.8 Å². The number of amides is 2.